The van der Waals surface area contributed by atoms with Crippen molar-refractivity contribution in [3.8, 4) is 5.75 Å². The van der Waals surface area contributed by atoms with E-state index in [-0.39, 0.29) is 14.2 Å². The number of fused-ring (bicyclic) bond motifs is 1. The van der Waals surface area contributed by atoms with E-state index < -0.39 is 5.97 Å². The lowest BCUT2D eigenvalue weighted by molar-refractivity contribution is 0.0697. The number of alkyl halides is 1. The molecule has 2 N–H and O–H groups in total. The van der Waals surface area contributed by atoms with E-state index in [4.69, 9.17) is 5.11 Å². The Morgan fingerprint density at radius 2 is 2.08 bits per heavy atom. The summed E-state index contributed by atoms with van der Waals surface area (Å²) >= 11 is 4.12. The van der Waals surface area contributed by atoms with Crippen molar-refractivity contribution < 1.29 is 15.0 Å². The number of likely N-dealkylation sites (N-methyl/N-ethyl adjacent to an activating group) is 1. The molecule has 2 aromatic carbocycles. The third-order valence-corrected chi connectivity index (χ3v) is 6.65. The summed E-state index contributed by atoms with van der Waals surface area (Å²) in [5.41, 5.74) is 1.84. The average Bonchev–Trinajstić information content (AvgIpc) is 2.85. The number of carboxylic acid groups (broad SMARTS) is 1. The van der Waals surface area contributed by atoms with Crippen LogP contribution in [0.4, 0.5) is 5.69 Å². The van der Waals surface area contributed by atoms with Crippen LogP contribution in [0.2, 0.25) is 0 Å². The van der Waals surface area contributed by atoms with Gasteiger partial charge in [-0.05, 0) is 65.9 Å². The Morgan fingerprint density at radius 3 is 2.79 bits per heavy atom. The molecule has 0 aromatic heterocycles. The van der Waals surface area contributed by atoms with E-state index in [1.807, 2.05) is 18.2 Å². The van der Waals surface area contributed by atoms with E-state index in [9.17, 15) is 9.90 Å². The molecule has 4 nitrogen and oxygen atoms in total. The van der Waals surface area contributed by atoms with Crippen molar-refractivity contribution in [2.45, 2.75) is 14.7 Å². The number of aromatic carboxylic acids is 1. The van der Waals surface area contributed by atoms with Crippen molar-refractivity contribution in [1.29, 1.82) is 0 Å². The lowest BCUT2D eigenvalue weighted by Gasteiger charge is -2.31. The van der Waals surface area contributed by atoms with Gasteiger partial charge in [-0.3, -0.25) is 0 Å². The third kappa shape index (κ3) is 3.12. The SMILES string of the molecule is CCN1c2ccccc2SC1(I)/C=C/c1cc(C(=O)O)ccc1O. The first kappa shape index (κ1) is 17.2. The van der Waals surface area contributed by atoms with E-state index >= 15 is 0 Å². The van der Waals surface area contributed by atoms with Gasteiger partial charge in [0.15, 0.2) is 2.88 Å². The van der Waals surface area contributed by atoms with E-state index in [2.05, 4.69) is 46.5 Å². The molecule has 24 heavy (non-hydrogen) atoms. The van der Waals surface area contributed by atoms with Gasteiger partial charge >= 0.3 is 5.97 Å². The Bertz CT molecular complexity index is 824. The lowest BCUT2D eigenvalue weighted by Crippen LogP contribution is -2.35. The molecule has 2 aromatic rings. The number of rotatable bonds is 4. The number of anilines is 1. The first-order valence-electron chi connectivity index (χ1n) is 7.45. The number of nitrogens with zero attached hydrogens (tertiary/aromatic N) is 1. The predicted octanol–water partition coefficient (Wildman–Crippen LogP) is 4.82. The lowest BCUT2D eigenvalue weighted by atomic mass is 10.1. The van der Waals surface area contributed by atoms with Crippen LogP contribution in [-0.4, -0.2) is 25.6 Å². The highest BCUT2D eigenvalue weighted by Crippen LogP contribution is 2.54. The van der Waals surface area contributed by atoms with Crippen LogP contribution in [0.15, 0.2) is 53.4 Å². The molecule has 1 unspecified atom stereocenters. The molecule has 1 aliphatic rings. The summed E-state index contributed by atoms with van der Waals surface area (Å²) in [5.74, 6) is -0.938. The number of thioether (sulfide) groups is 1. The van der Waals surface area contributed by atoms with Gasteiger partial charge in [0.25, 0.3) is 0 Å². The number of benzene rings is 2. The molecular formula is C18H16INO3S. The van der Waals surface area contributed by atoms with Gasteiger partial charge in [0.1, 0.15) is 5.75 Å². The second-order valence-electron chi connectivity index (χ2n) is 5.34. The molecule has 0 bridgehead atoms. The summed E-state index contributed by atoms with van der Waals surface area (Å²) in [4.78, 5) is 14.6. The number of halogens is 1. The molecule has 0 spiro atoms. The van der Waals surface area contributed by atoms with Crippen LogP contribution in [0.3, 0.4) is 0 Å². The van der Waals surface area contributed by atoms with Crippen LogP contribution in [0.25, 0.3) is 6.08 Å². The van der Waals surface area contributed by atoms with Gasteiger partial charge in [-0.15, -0.1) is 0 Å². The Labute approximate surface area is 158 Å². The normalized spacial score (nSPS) is 19.7. The second kappa shape index (κ2) is 6.68. The van der Waals surface area contributed by atoms with Gasteiger partial charge in [0.05, 0.1) is 11.3 Å². The minimum Gasteiger partial charge on any atom is -0.507 e. The van der Waals surface area contributed by atoms with E-state index in [1.165, 1.54) is 28.8 Å². The molecule has 124 valence electrons. The van der Waals surface area contributed by atoms with Gasteiger partial charge in [0.2, 0.25) is 0 Å². The summed E-state index contributed by atoms with van der Waals surface area (Å²) in [7, 11) is 0. The molecule has 3 rings (SSSR count). The first-order valence-corrected chi connectivity index (χ1v) is 9.34. The maximum absolute atomic E-state index is 11.1. The number of phenolic OH excluding ortho intramolecular Hbond substituents is 1. The summed E-state index contributed by atoms with van der Waals surface area (Å²) in [5, 5.41) is 19.1. The van der Waals surface area contributed by atoms with Crippen LogP contribution < -0.4 is 4.90 Å². The average molecular weight is 453 g/mol. The van der Waals surface area contributed by atoms with Crippen LogP contribution >= 0.6 is 34.4 Å². The van der Waals surface area contributed by atoms with Crippen molar-refractivity contribution in [3.05, 3.63) is 59.7 Å². The quantitative estimate of drug-likeness (QED) is 0.395. The maximum Gasteiger partial charge on any atom is 0.335 e. The molecule has 0 saturated heterocycles. The van der Waals surface area contributed by atoms with Crippen LogP contribution in [-0.2, 0) is 0 Å². The fourth-order valence-electron chi connectivity index (χ4n) is 2.66. The minimum absolute atomic E-state index is 0.0693. The fraction of sp³-hybridized carbons (Fsp3) is 0.167. The van der Waals surface area contributed by atoms with Crippen molar-refractivity contribution in [1.82, 2.24) is 0 Å². The molecule has 0 amide bonds. The van der Waals surface area contributed by atoms with E-state index in [1.54, 1.807) is 17.8 Å². The molecule has 0 radical (unpaired) electrons. The Balaban J connectivity index is 1.95. The number of carbonyl (C=O) groups is 1. The van der Waals surface area contributed by atoms with Gasteiger partial charge < -0.3 is 15.1 Å². The molecule has 6 heteroatoms. The summed E-state index contributed by atoms with van der Waals surface area (Å²) in [6.07, 6.45) is 3.79. The topological polar surface area (TPSA) is 60.8 Å². The molecule has 1 atom stereocenters. The van der Waals surface area contributed by atoms with Gasteiger partial charge in [-0.2, -0.15) is 0 Å². The zero-order chi connectivity index (χ0) is 17.3. The van der Waals surface area contributed by atoms with E-state index in [0.717, 1.165) is 6.54 Å². The highest BCUT2D eigenvalue weighted by Gasteiger charge is 2.39. The summed E-state index contributed by atoms with van der Waals surface area (Å²) < 4.78 is -0.318. The zero-order valence-corrected chi connectivity index (χ0v) is 15.9. The Morgan fingerprint density at radius 1 is 1.33 bits per heavy atom. The molecule has 0 aliphatic carbocycles. The number of para-hydroxylation sites is 1. The fourth-order valence-corrected chi connectivity index (χ4v) is 5.37. The van der Waals surface area contributed by atoms with Crippen LogP contribution in [0.1, 0.15) is 22.8 Å². The number of carboxylic acids is 1. The van der Waals surface area contributed by atoms with Gasteiger partial charge in [-0.1, -0.05) is 30.0 Å². The number of phenols is 1. The van der Waals surface area contributed by atoms with Gasteiger partial charge in [0, 0.05) is 17.0 Å². The predicted molar refractivity (Wildman–Crippen MR) is 106 cm³/mol. The highest BCUT2D eigenvalue weighted by molar-refractivity contribution is 14.1. The minimum atomic E-state index is -1.01. The number of hydrogen-bond donors (Lipinski definition) is 2. The Kier molecular flexibility index (Phi) is 4.78. The van der Waals surface area contributed by atoms with Crippen molar-refractivity contribution in [3.63, 3.8) is 0 Å². The van der Waals surface area contributed by atoms with Crippen LogP contribution in [0.5, 0.6) is 5.75 Å². The molecule has 0 saturated carbocycles. The first-order chi connectivity index (χ1) is 11.4. The van der Waals surface area contributed by atoms with Crippen molar-refractivity contribution in [2.24, 2.45) is 0 Å². The van der Waals surface area contributed by atoms with Crippen LogP contribution in [0, 0.1) is 0 Å². The second-order valence-corrected chi connectivity index (χ2v) is 8.98. The molecule has 1 heterocycles. The smallest absolute Gasteiger partial charge is 0.335 e. The standard InChI is InChI=1S/C18H16INO3S/c1-2-20-14-5-3-4-6-16(14)24-18(20,19)10-9-12-11-13(17(22)23)7-8-15(12)21/h3-11,21H,2H2,1H3,(H,22,23)/b10-9+. The number of aromatic hydroxyl groups is 1. The molecule has 0 fully saturated rings. The summed E-state index contributed by atoms with van der Waals surface area (Å²) in [6.45, 7) is 2.95. The molecular weight excluding hydrogens is 437 g/mol. The number of hydrogen-bond acceptors (Lipinski definition) is 4. The molecule has 1 aliphatic heterocycles. The maximum atomic E-state index is 11.1. The van der Waals surface area contributed by atoms with Crippen molar-refractivity contribution >= 4 is 52.1 Å². The third-order valence-electron chi connectivity index (χ3n) is 3.84. The zero-order valence-electron chi connectivity index (χ0n) is 12.9. The van der Waals surface area contributed by atoms with Gasteiger partial charge in [-0.25, -0.2) is 4.79 Å². The van der Waals surface area contributed by atoms with Crippen molar-refractivity contribution in [2.75, 3.05) is 11.4 Å². The Hall–Kier alpha value is -1.67. The van der Waals surface area contributed by atoms with E-state index in [0.29, 0.717) is 5.56 Å². The highest BCUT2D eigenvalue weighted by atomic mass is 127. The monoisotopic (exact) mass is 453 g/mol. The largest absolute Gasteiger partial charge is 0.507 e. The summed E-state index contributed by atoms with van der Waals surface area (Å²) in [6, 6.07) is 12.5.